The Bertz CT molecular complexity index is 698. The largest absolute Gasteiger partial charge is 0.495 e. The van der Waals surface area contributed by atoms with Gasteiger partial charge in [0.15, 0.2) is 0 Å². The maximum atomic E-state index is 12.9. The highest BCUT2D eigenvalue weighted by Gasteiger charge is 2.26. The molecule has 2 rings (SSSR count). The van der Waals surface area contributed by atoms with Gasteiger partial charge in [0.05, 0.1) is 17.7 Å². The van der Waals surface area contributed by atoms with E-state index in [1.54, 1.807) is 36.5 Å². The van der Waals surface area contributed by atoms with Crippen molar-refractivity contribution in [2.24, 2.45) is 0 Å². The molecular formula is C17H27N3O4S. The number of amides is 1. The van der Waals surface area contributed by atoms with Crippen LogP contribution in [0.25, 0.3) is 0 Å². The third kappa shape index (κ3) is 4.64. The normalized spacial score (nSPS) is 17.4. The van der Waals surface area contributed by atoms with Crippen molar-refractivity contribution in [3.05, 3.63) is 18.2 Å². The zero-order valence-electron chi connectivity index (χ0n) is 15.0. The highest BCUT2D eigenvalue weighted by atomic mass is 32.2. The molecule has 0 aliphatic carbocycles. The van der Waals surface area contributed by atoms with Crippen LogP contribution in [0.1, 0.15) is 32.6 Å². The minimum Gasteiger partial charge on any atom is -0.495 e. The molecule has 1 atom stereocenters. The van der Waals surface area contributed by atoms with Gasteiger partial charge in [0.2, 0.25) is 15.9 Å². The number of nitrogens with zero attached hydrogens (tertiary/aromatic N) is 1. The molecule has 1 aliphatic rings. The summed E-state index contributed by atoms with van der Waals surface area (Å²) in [5.74, 6) is 0.299. The van der Waals surface area contributed by atoms with Gasteiger partial charge >= 0.3 is 0 Å². The summed E-state index contributed by atoms with van der Waals surface area (Å²) >= 11 is 0. The number of rotatable bonds is 6. The lowest BCUT2D eigenvalue weighted by Crippen LogP contribution is -2.35. The first-order valence-electron chi connectivity index (χ1n) is 8.56. The van der Waals surface area contributed by atoms with Crippen LogP contribution in [0, 0.1) is 0 Å². The minimum atomic E-state index is -3.56. The van der Waals surface area contributed by atoms with Crippen LogP contribution in [0.4, 0.5) is 5.69 Å². The maximum Gasteiger partial charge on any atom is 0.243 e. The summed E-state index contributed by atoms with van der Waals surface area (Å²) in [6.07, 6.45) is 3.89. The van der Waals surface area contributed by atoms with Crippen molar-refractivity contribution in [3.8, 4) is 5.75 Å². The summed E-state index contributed by atoms with van der Waals surface area (Å²) in [6.45, 7) is 2.80. The lowest BCUT2D eigenvalue weighted by molar-refractivity contribution is -0.121. The minimum absolute atomic E-state index is 0.192. The SMILES string of the molecule is CNC(=O)[C@H](C)Nc1cc(S(=O)(=O)N2CCCCCC2)ccc1OC. The molecule has 1 amide bonds. The number of benzene rings is 1. The zero-order valence-corrected chi connectivity index (χ0v) is 15.9. The van der Waals surface area contributed by atoms with Crippen LogP contribution in [-0.4, -0.2) is 51.9 Å². The molecule has 0 bridgehead atoms. The van der Waals surface area contributed by atoms with Gasteiger partial charge in [0.25, 0.3) is 0 Å². The van der Waals surface area contributed by atoms with Crippen molar-refractivity contribution < 1.29 is 17.9 Å². The summed E-state index contributed by atoms with van der Waals surface area (Å²) < 4.78 is 32.7. The fraction of sp³-hybridized carbons (Fsp3) is 0.588. The lowest BCUT2D eigenvalue weighted by atomic mass is 10.2. The highest BCUT2D eigenvalue weighted by molar-refractivity contribution is 7.89. The van der Waals surface area contributed by atoms with E-state index in [0.717, 1.165) is 25.7 Å². The molecule has 1 saturated heterocycles. The van der Waals surface area contributed by atoms with Crippen molar-refractivity contribution in [1.82, 2.24) is 9.62 Å². The Morgan fingerprint density at radius 1 is 1.20 bits per heavy atom. The first-order chi connectivity index (χ1) is 11.9. The van der Waals surface area contributed by atoms with E-state index >= 15 is 0 Å². The molecule has 1 heterocycles. The molecule has 1 aliphatic heterocycles. The Balaban J connectivity index is 2.32. The van der Waals surface area contributed by atoms with Crippen LogP contribution < -0.4 is 15.4 Å². The molecule has 0 unspecified atom stereocenters. The molecule has 1 fully saturated rings. The summed E-state index contributed by atoms with van der Waals surface area (Å²) in [5, 5.41) is 5.58. The van der Waals surface area contributed by atoms with Crippen LogP contribution in [0.3, 0.4) is 0 Å². The molecule has 2 N–H and O–H groups in total. The second-order valence-electron chi connectivity index (χ2n) is 6.16. The van der Waals surface area contributed by atoms with Crippen molar-refractivity contribution in [2.75, 3.05) is 32.6 Å². The molecule has 0 radical (unpaired) electrons. The number of methoxy groups -OCH3 is 1. The Kier molecular flexibility index (Phi) is 6.66. The molecule has 7 nitrogen and oxygen atoms in total. The molecule has 8 heteroatoms. The van der Waals surface area contributed by atoms with Crippen LogP contribution in [0.15, 0.2) is 23.1 Å². The lowest BCUT2D eigenvalue weighted by Gasteiger charge is -2.22. The second kappa shape index (κ2) is 8.53. The van der Waals surface area contributed by atoms with E-state index in [1.807, 2.05) is 0 Å². The summed E-state index contributed by atoms with van der Waals surface area (Å²) in [6, 6.07) is 4.19. The fourth-order valence-corrected chi connectivity index (χ4v) is 4.45. The van der Waals surface area contributed by atoms with Gasteiger partial charge in [-0.05, 0) is 38.0 Å². The Morgan fingerprint density at radius 3 is 2.40 bits per heavy atom. The van der Waals surface area contributed by atoms with E-state index in [2.05, 4.69) is 10.6 Å². The number of nitrogens with one attached hydrogen (secondary N) is 2. The van der Waals surface area contributed by atoms with Gasteiger partial charge in [-0.25, -0.2) is 8.42 Å². The summed E-state index contributed by atoms with van der Waals surface area (Å²) in [5.41, 5.74) is 0.481. The number of likely N-dealkylation sites (N-methyl/N-ethyl adjacent to an activating group) is 1. The molecule has 0 aromatic heterocycles. The van der Waals surface area contributed by atoms with Gasteiger partial charge in [-0.15, -0.1) is 0 Å². The first-order valence-corrected chi connectivity index (χ1v) is 10.0. The predicted molar refractivity (Wildman–Crippen MR) is 97.4 cm³/mol. The quantitative estimate of drug-likeness (QED) is 0.798. The predicted octanol–water partition coefficient (Wildman–Crippen LogP) is 1.81. The number of hydrogen-bond donors (Lipinski definition) is 2. The Morgan fingerprint density at radius 2 is 1.84 bits per heavy atom. The molecule has 0 spiro atoms. The van der Waals surface area contributed by atoms with Gasteiger partial charge in [-0.3, -0.25) is 4.79 Å². The van der Waals surface area contributed by atoms with E-state index in [0.29, 0.717) is 24.5 Å². The third-order valence-electron chi connectivity index (χ3n) is 4.39. The van der Waals surface area contributed by atoms with E-state index in [-0.39, 0.29) is 10.8 Å². The second-order valence-corrected chi connectivity index (χ2v) is 8.10. The van der Waals surface area contributed by atoms with E-state index in [4.69, 9.17) is 4.74 Å². The third-order valence-corrected chi connectivity index (χ3v) is 6.28. The van der Waals surface area contributed by atoms with Crippen molar-refractivity contribution in [3.63, 3.8) is 0 Å². The van der Waals surface area contributed by atoms with Crippen molar-refractivity contribution in [2.45, 2.75) is 43.5 Å². The van der Waals surface area contributed by atoms with Crippen molar-refractivity contribution in [1.29, 1.82) is 0 Å². The average Bonchev–Trinajstić information content (AvgIpc) is 2.90. The van der Waals surface area contributed by atoms with Crippen LogP contribution >= 0.6 is 0 Å². The number of carbonyl (C=O) groups excluding carboxylic acids is 1. The van der Waals surface area contributed by atoms with E-state index < -0.39 is 16.1 Å². The monoisotopic (exact) mass is 369 g/mol. The smallest absolute Gasteiger partial charge is 0.243 e. The number of hydrogen-bond acceptors (Lipinski definition) is 5. The zero-order chi connectivity index (χ0) is 18.4. The number of ether oxygens (including phenoxy) is 1. The fourth-order valence-electron chi connectivity index (χ4n) is 2.91. The van der Waals surface area contributed by atoms with Gasteiger partial charge in [-0.1, -0.05) is 12.8 Å². The number of anilines is 1. The summed E-state index contributed by atoms with van der Waals surface area (Å²) in [4.78, 5) is 12.0. The number of carbonyl (C=O) groups is 1. The summed E-state index contributed by atoms with van der Waals surface area (Å²) in [7, 11) is -0.496. The average molecular weight is 369 g/mol. The molecule has 25 heavy (non-hydrogen) atoms. The molecule has 1 aromatic rings. The standard InChI is InChI=1S/C17H27N3O4S/c1-13(17(21)18-2)19-15-12-14(8-9-16(15)24-3)25(22,23)20-10-6-4-5-7-11-20/h8-9,12-13,19H,4-7,10-11H2,1-3H3,(H,18,21)/t13-/m0/s1. The van der Waals surface area contributed by atoms with Crippen LogP contribution in [0.5, 0.6) is 5.75 Å². The molecule has 1 aromatic carbocycles. The van der Waals surface area contributed by atoms with Crippen LogP contribution in [0.2, 0.25) is 0 Å². The molecular weight excluding hydrogens is 342 g/mol. The van der Waals surface area contributed by atoms with Gasteiger partial charge in [0, 0.05) is 20.1 Å². The van der Waals surface area contributed by atoms with E-state index in [1.165, 1.54) is 7.11 Å². The van der Waals surface area contributed by atoms with Crippen LogP contribution in [-0.2, 0) is 14.8 Å². The maximum absolute atomic E-state index is 12.9. The Labute approximate surface area is 149 Å². The van der Waals surface area contributed by atoms with Gasteiger partial charge < -0.3 is 15.4 Å². The Hall–Kier alpha value is -1.80. The topological polar surface area (TPSA) is 87.7 Å². The molecule has 0 saturated carbocycles. The van der Waals surface area contributed by atoms with Gasteiger partial charge in [0.1, 0.15) is 11.8 Å². The molecule has 140 valence electrons. The first kappa shape index (κ1) is 19.5. The number of sulfonamides is 1. The van der Waals surface area contributed by atoms with Crippen molar-refractivity contribution >= 4 is 21.6 Å². The highest BCUT2D eigenvalue weighted by Crippen LogP contribution is 2.30. The van der Waals surface area contributed by atoms with E-state index in [9.17, 15) is 13.2 Å². The van der Waals surface area contributed by atoms with Gasteiger partial charge in [-0.2, -0.15) is 4.31 Å².